The third-order valence-electron chi connectivity index (χ3n) is 2.51. The summed E-state index contributed by atoms with van der Waals surface area (Å²) in [6, 6.07) is 4.12. The van der Waals surface area contributed by atoms with Gasteiger partial charge in [0.05, 0.1) is 24.0 Å². The molecule has 3 N–H and O–H groups in total. The number of pyridine rings is 1. The van der Waals surface area contributed by atoms with E-state index in [1.807, 2.05) is 6.07 Å². The fourth-order valence-corrected chi connectivity index (χ4v) is 1.63. The fraction of sp³-hybridized carbons (Fsp3) is 0.500. The molecule has 1 aliphatic heterocycles. The second-order valence-electron chi connectivity index (χ2n) is 3.59. The zero-order valence-electron chi connectivity index (χ0n) is 8.23. The first-order chi connectivity index (χ1) is 6.75. The Kier molecular flexibility index (Phi) is 2.54. The first kappa shape index (κ1) is 9.27. The Morgan fingerprint density at radius 2 is 2.43 bits per heavy atom. The number of aromatic nitrogens is 1. The number of nitrogens with two attached hydrogens (primary N) is 1. The van der Waals surface area contributed by atoms with Crippen molar-refractivity contribution in [3.8, 4) is 0 Å². The van der Waals surface area contributed by atoms with E-state index >= 15 is 0 Å². The van der Waals surface area contributed by atoms with Crippen LogP contribution in [0, 0.1) is 0 Å². The topological polar surface area (TPSA) is 60.2 Å². The number of anilines is 2. The molecule has 1 aromatic rings. The van der Waals surface area contributed by atoms with Crippen LogP contribution in [0.5, 0.6) is 0 Å². The lowest BCUT2D eigenvalue weighted by Gasteiger charge is -2.16. The van der Waals surface area contributed by atoms with Crippen LogP contribution in [0.2, 0.25) is 0 Å². The molecule has 4 heteroatoms. The summed E-state index contributed by atoms with van der Waals surface area (Å²) in [6.07, 6.45) is 3.07. The molecule has 1 saturated heterocycles. The second kappa shape index (κ2) is 3.84. The van der Waals surface area contributed by atoms with E-state index in [4.69, 9.17) is 10.5 Å². The van der Waals surface area contributed by atoms with Crippen molar-refractivity contribution in [1.29, 1.82) is 0 Å². The highest BCUT2D eigenvalue weighted by Crippen LogP contribution is 2.18. The van der Waals surface area contributed by atoms with Gasteiger partial charge in [-0.05, 0) is 25.5 Å². The number of hydrogen-bond donors (Lipinski definition) is 2. The molecule has 1 aromatic heterocycles. The van der Waals surface area contributed by atoms with Crippen molar-refractivity contribution in [2.75, 3.05) is 17.7 Å². The van der Waals surface area contributed by atoms with Crippen molar-refractivity contribution in [2.24, 2.45) is 0 Å². The predicted molar refractivity (Wildman–Crippen MR) is 56.1 cm³/mol. The summed E-state index contributed by atoms with van der Waals surface area (Å²) in [5, 5.41) is 3.37. The van der Waals surface area contributed by atoms with Gasteiger partial charge in [0, 0.05) is 6.61 Å². The Balaban J connectivity index is 2.00. The maximum atomic E-state index is 5.50. The Morgan fingerprint density at radius 3 is 3.00 bits per heavy atom. The summed E-state index contributed by atoms with van der Waals surface area (Å²) in [4.78, 5) is 4.02. The molecule has 1 fully saturated rings. The average molecular weight is 193 g/mol. The number of hydrogen-bond acceptors (Lipinski definition) is 4. The summed E-state index contributed by atoms with van der Waals surface area (Å²) in [5.74, 6) is 0.547. The van der Waals surface area contributed by atoms with Crippen LogP contribution in [-0.2, 0) is 4.74 Å². The summed E-state index contributed by atoms with van der Waals surface area (Å²) in [5.41, 5.74) is 6.50. The summed E-state index contributed by atoms with van der Waals surface area (Å²) >= 11 is 0. The molecule has 0 spiro atoms. The molecule has 0 aliphatic carbocycles. The molecule has 0 aromatic carbocycles. The molecule has 0 radical (unpaired) electrons. The second-order valence-corrected chi connectivity index (χ2v) is 3.59. The minimum atomic E-state index is 0.271. The molecule has 0 bridgehead atoms. The van der Waals surface area contributed by atoms with Gasteiger partial charge in [0.1, 0.15) is 5.82 Å². The fourth-order valence-electron chi connectivity index (χ4n) is 1.63. The van der Waals surface area contributed by atoms with Crippen LogP contribution in [-0.4, -0.2) is 23.7 Å². The van der Waals surface area contributed by atoms with Gasteiger partial charge in [-0.2, -0.15) is 0 Å². The monoisotopic (exact) mass is 193 g/mol. The van der Waals surface area contributed by atoms with Crippen molar-refractivity contribution in [2.45, 2.75) is 25.5 Å². The van der Waals surface area contributed by atoms with Crippen LogP contribution in [0.1, 0.15) is 13.3 Å². The maximum Gasteiger partial charge on any atom is 0.123 e. The van der Waals surface area contributed by atoms with E-state index in [-0.39, 0.29) is 6.10 Å². The zero-order valence-corrected chi connectivity index (χ0v) is 8.23. The van der Waals surface area contributed by atoms with Gasteiger partial charge in [-0.25, -0.2) is 4.98 Å². The highest BCUT2D eigenvalue weighted by atomic mass is 16.5. The highest BCUT2D eigenvalue weighted by Gasteiger charge is 2.23. The summed E-state index contributed by atoms with van der Waals surface area (Å²) in [6.45, 7) is 2.91. The molecule has 76 valence electrons. The Bertz CT molecular complexity index is 299. The van der Waals surface area contributed by atoms with Crippen LogP contribution < -0.4 is 11.1 Å². The van der Waals surface area contributed by atoms with Crippen LogP contribution in [0.15, 0.2) is 18.3 Å². The number of nitrogens with one attached hydrogen (secondary N) is 1. The average Bonchev–Trinajstić information content (AvgIpc) is 2.56. The molecule has 2 unspecified atom stereocenters. The van der Waals surface area contributed by atoms with Crippen LogP contribution in [0.25, 0.3) is 0 Å². The zero-order chi connectivity index (χ0) is 9.97. The summed E-state index contributed by atoms with van der Waals surface area (Å²) < 4.78 is 5.45. The molecule has 14 heavy (non-hydrogen) atoms. The third-order valence-corrected chi connectivity index (χ3v) is 2.51. The number of nitrogens with zero attached hydrogens (tertiary/aromatic N) is 1. The van der Waals surface area contributed by atoms with Gasteiger partial charge in [-0.3, -0.25) is 0 Å². The van der Waals surface area contributed by atoms with Crippen molar-refractivity contribution in [3.63, 3.8) is 0 Å². The van der Waals surface area contributed by atoms with Crippen LogP contribution in [0.3, 0.4) is 0 Å². The Labute approximate surface area is 83.5 Å². The van der Waals surface area contributed by atoms with E-state index in [0.717, 1.165) is 18.7 Å². The van der Waals surface area contributed by atoms with E-state index in [2.05, 4.69) is 17.2 Å². The minimum absolute atomic E-state index is 0.271. The first-order valence-electron chi connectivity index (χ1n) is 4.85. The molecule has 0 amide bonds. The van der Waals surface area contributed by atoms with Crippen molar-refractivity contribution < 1.29 is 4.74 Å². The molecular weight excluding hydrogens is 178 g/mol. The van der Waals surface area contributed by atoms with Crippen molar-refractivity contribution in [3.05, 3.63) is 18.3 Å². The van der Waals surface area contributed by atoms with Gasteiger partial charge in [0.15, 0.2) is 0 Å². The van der Waals surface area contributed by atoms with E-state index in [0.29, 0.717) is 11.9 Å². The maximum absolute atomic E-state index is 5.50. The molecule has 2 heterocycles. The lowest BCUT2D eigenvalue weighted by atomic mass is 10.1. The highest BCUT2D eigenvalue weighted by molar-refractivity contribution is 5.46. The van der Waals surface area contributed by atoms with E-state index in [9.17, 15) is 0 Å². The predicted octanol–water partition coefficient (Wildman–Crippen LogP) is 1.25. The normalized spacial score (nSPS) is 26.4. The van der Waals surface area contributed by atoms with E-state index in [1.165, 1.54) is 0 Å². The van der Waals surface area contributed by atoms with Gasteiger partial charge in [0.2, 0.25) is 0 Å². The molecule has 0 saturated carbocycles. The van der Waals surface area contributed by atoms with E-state index in [1.54, 1.807) is 12.3 Å². The molecule has 4 nitrogen and oxygen atoms in total. The third kappa shape index (κ3) is 1.96. The minimum Gasteiger partial charge on any atom is -0.384 e. The van der Waals surface area contributed by atoms with Crippen molar-refractivity contribution in [1.82, 2.24) is 4.98 Å². The van der Waals surface area contributed by atoms with Crippen LogP contribution >= 0.6 is 0 Å². The lowest BCUT2D eigenvalue weighted by Crippen LogP contribution is -2.26. The number of ether oxygens (including phenoxy) is 1. The van der Waals surface area contributed by atoms with E-state index < -0.39 is 0 Å². The largest absolute Gasteiger partial charge is 0.384 e. The van der Waals surface area contributed by atoms with Gasteiger partial charge in [0.25, 0.3) is 0 Å². The van der Waals surface area contributed by atoms with Gasteiger partial charge in [-0.1, -0.05) is 0 Å². The van der Waals surface area contributed by atoms with Gasteiger partial charge in [-0.15, -0.1) is 0 Å². The van der Waals surface area contributed by atoms with Crippen LogP contribution in [0.4, 0.5) is 11.5 Å². The molecular formula is C10H15N3O. The number of rotatable bonds is 2. The Hall–Kier alpha value is -1.29. The SMILES string of the molecule is CC1OCCC1Nc1ccc(N)nc1. The van der Waals surface area contributed by atoms with Crippen molar-refractivity contribution >= 4 is 11.5 Å². The smallest absolute Gasteiger partial charge is 0.123 e. The summed E-state index contributed by atoms with van der Waals surface area (Å²) in [7, 11) is 0. The van der Waals surface area contributed by atoms with Gasteiger partial charge < -0.3 is 15.8 Å². The molecule has 2 atom stereocenters. The standard InChI is InChI=1S/C10H15N3O/c1-7-9(4-5-14-7)13-8-2-3-10(11)12-6-8/h2-3,6-7,9,13H,4-5H2,1H3,(H2,11,12). The number of nitrogen functional groups attached to an aromatic ring is 1. The molecule has 2 rings (SSSR count). The first-order valence-corrected chi connectivity index (χ1v) is 4.85. The quantitative estimate of drug-likeness (QED) is 0.742. The van der Waals surface area contributed by atoms with Gasteiger partial charge >= 0.3 is 0 Å². The molecule has 1 aliphatic rings. The lowest BCUT2D eigenvalue weighted by molar-refractivity contribution is 0.121. The Morgan fingerprint density at radius 1 is 1.57 bits per heavy atom.